The number of rotatable bonds is 7. The lowest BCUT2D eigenvalue weighted by Crippen LogP contribution is -2.23. The van der Waals surface area contributed by atoms with Gasteiger partial charge in [-0.05, 0) is 53.9 Å². The number of esters is 1. The molecule has 0 amide bonds. The number of nitriles is 1. The van der Waals surface area contributed by atoms with E-state index in [9.17, 15) is 23.2 Å². The summed E-state index contributed by atoms with van der Waals surface area (Å²) in [7, 11) is 0. The van der Waals surface area contributed by atoms with Crippen molar-refractivity contribution in [1.82, 2.24) is 0 Å². The predicted molar refractivity (Wildman–Crippen MR) is 129 cm³/mol. The quantitative estimate of drug-likeness (QED) is 0.232. The van der Waals surface area contributed by atoms with E-state index >= 15 is 0 Å². The number of hydrogen-bond acceptors (Lipinski definition) is 4. The summed E-state index contributed by atoms with van der Waals surface area (Å²) in [6.07, 6.45) is -5.83. The van der Waals surface area contributed by atoms with Gasteiger partial charge in [-0.3, -0.25) is 9.21 Å². The van der Waals surface area contributed by atoms with Gasteiger partial charge in [0.1, 0.15) is 6.07 Å². The van der Waals surface area contributed by atoms with Gasteiger partial charge < -0.3 is 4.74 Å². The number of carbonyl (C=O) groups excluding carboxylic acids is 1. The Morgan fingerprint density at radius 3 is 2.20 bits per heavy atom. The summed E-state index contributed by atoms with van der Waals surface area (Å²) in [6.45, 7) is 3.40. The molecule has 0 aliphatic heterocycles. The van der Waals surface area contributed by atoms with E-state index in [0.717, 1.165) is 12.1 Å². The van der Waals surface area contributed by atoms with Gasteiger partial charge in [0.15, 0.2) is 0 Å². The number of ether oxygens (including phenoxy) is 1. The molecule has 0 fully saturated rings. The van der Waals surface area contributed by atoms with Gasteiger partial charge in [-0.25, -0.2) is 0 Å². The highest BCUT2D eigenvalue weighted by atomic mass is 35.5. The lowest BCUT2D eigenvalue weighted by Gasteiger charge is -2.23. The maximum Gasteiger partial charge on any atom is 0.416 e. The van der Waals surface area contributed by atoms with Crippen LogP contribution in [-0.4, -0.2) is 5.97 Å². The minimum atomic E-state index is -4.55. The largest absolute Gasteiger partial charge is 0.441 e. The molecule has 182 valence electrons. The van der Waals surface area contributed by atoms with Crippen molar-refractivity contribution in [3.8, 4) is 6.07 Å². The summed E-state index contributed by atoms with van der Waals surface area (Å²) in [5.74, 6) is -2.16. The van der Waals surface area contributed by atoms with Crippen LogP contribution in [0.5, 0.6) is 0 Å². The average Bonchev–Trinajstić information content (AvgIpc) is 2.82. The van der Waals surface area contributed by atoms with Gasteiger partial charge in [-0.2, -0.15) is 18.4 Å². The molecular formula is C26H21Cl2F3N2O2. The van der Waals surface area contributed by atoms with E-state index in [1.807, 2.05) is 6.07 Å². The molecule has 4 nitrogen and oxygen atoms in total. The summed E-state index contributed by atoms with van der Waals surface area (Å²) in [4.78, 5) is 13.1. The van der Waals surface area contributed by atoms with E-state index in [-0.39, 0.29) is 11.5 Å². The highest BCUT2D eigenvalue weighted by Crippen LogP contribution is 2.35. The highest BCUT2D eigenvalue weighted by Gasteiger charge is 2.34. The standard InChI is InChI=1S/C26H21Cl2F3N2O2/c1-16(2)24(18-6-3-7-19(13-18)26(29,30)31)25(34)35-23(15-32)17-5-4-8-22(14-17)33(28)21-11-9-20(27)10-12-21/h3-14,16,23-24H,1-2H3. The van der Waals surface area contributed by atoms with E-state index in [4.69, 9.17) is 28.1 Å². The maximum atomic E-state index is 13.2. The first-order valence-corrected chi connectivity index (χ1v) is 11.3. The van der Waals surface area contributed by atoms with Crippen molar-refractivity contribution in [2.75, 3.05) is 4.42 Å². The van der Waals surface area contributed by atoms with Crippen molar-refractivity contribution >= 4 is 40.7 Å². The number of anilines is 2. The molecule has 0 saturated carbocycles. The van der Waals surface area contributed by atoms with Gasteiger partial charge in [0.2, 0.25) is 6.10 Å². The van der Waals surface area contributed by atoms with Gasteiger partial charge in [0.25, 0.3) is 0 Å². The van der Waals surface area contributed by atoms with Gasteiger partial charge in [-0.15, -0.1) is 0 Å². The molecule has 0 bridgehead atoms. The predicted octanol–water partition coefficient (Wildman–Crippen LogP) is 8.20. The van der Waals surface area contributed by atoms with Crippen molar-refractivity contribution in [1.29, 1.82) is 5.26 Å². The third kappa shape index (κ3) is 6.47. The maximum absolute atomic E-state index is 13.2. The second kappa shape index (κ2) is 11.0. The lowest BCUT2D eigenvalue weighted by molar-refractivity contribution is -0.150. The van der Waals surface area contributed by atoms with E-state index in [1.54, 1.807) is 62.4 Å². The summed E-state index contributed by atoms with van der Waals surface area (Å²) in [5, 5.41) is 10.3. The molecule has 0 saturated heterocycles. The van der Waals surface area contributed by atoms with Crippen molar-refractivity contribution in [3.63, 3.8) is 0 Å². The monoisotopic (exact) mass is 520 g/mol. The number of alkyl halides is 3. The van der Waals surface area contributed by atoms with Gasteiger partial charge in [0, 0.05) is 22.4 Å². The van der Waals surface area contributed by atoms with Crippen LogP contribution < -0.4 is 4.42 Å². The van der Waals surface area contributed by atoms with Crippen LogP contribution in [0.15, 0.2) is 72.8 Å². The Hall–Kier alpha value is -3.21. The van der Waals surface area contributed by atoms with Crippen LogP contribution in [0.1, 0.15) is 42.6 Å². The number of benzene rings is 3. The van der Waals surface area contributed by atoms with Crippen molar-refractivity contribution < 1.29 is 22.7 Å². The zero-order chi connectivity index (χ0) is 25.8. The van der Waals surface area contributed by atoms with Crippen molar-refractivity contribution in [3.05, 3.63) is 94.5 Å². The number of nitrogens with zero attached hydrogens (tertiary/aromatic N) is 2. The second-order valence-corrected chi connectivity index (χ2v) is 8.92. The molecule has 9 heteroatoms. The molecule has 3 rings (SSSR count). The van der Waals surface area contributed by atoms with Crippen molar-refractivity contribution in [2.24, 2.45) is 5.92 Å². The molecule has 0 aliphatic carbocycles. The van der Waals surface area contributed by atoms with Crippen LogP contribution in [0.25, 0.3) is 0 Å². The molecule has 0 spiro atoms. The first-order valence-electron chi connectivity index (χ1n) is 10.6. The SMILES string of the molecule is CC(C)C(C(=O)OC(C#N)c1cccc(N(Cl)c2ccc(Cl)cc2)c1)c1cccc(C(F)(F)F)c1. The molecule has 0 heterocycles. The molecule has 3 aromatic carbocycles. The van der Waals surface area contributed by atoms with E-state index in [2.05, 4.69) is 0 Å². The van der Waals surface area contributed by atoms with Crippen LogP contribution in [0.2, 0.25) is 5.02 Å². The number of hydrogen-bond donors (Lipinski definition) is 0. The summed E-state index contributed by atoms with van der Waals surface area (Å²) < 4.78 is 46.4. The van der Waals surface area contributed by atoms with Crippen LogP contribution in [0.4, 0.5) is 24.5 Å². The Bertz CT molecular complexity index is 1220. The molecular weight excluding hydrogens is 500 g/mol. The Labute approximate surface area is 211 Å². The topological polar surface area (TPSA) is 53.3 Å². The molecule has 35 heavy (non-hydrogen) atoms. The van der Waals surface area contributed by atoms with Gasteiger partial charge >= 0.3 is 12.1 Å². The molecule has 2 atom stereocenters. The third-order valence-electron chi connectivity index (χ3n) is 5.30. The minimum absolute atomic E-state index is 0.167. The van der Waals surface area contributed by atoms with Crippen LogP contribution >= 0.6 is 23.4 Å². The fourth-order valence-corrected chi connectivity index (χ4v) is 3.93. The summed E-state index contributed by atoms with van der Waals surface area (Å²) in [5.41, 5.74) is 0.816. The molecule has 0 aromatic heterocycles. The normalized spacial score (nSPS) is 13.1. The summed E-state index contributed by atoms with van der Waals surface area (Å²) >= 11 is 12.4. The molecule has 2 unspecified atom stereocenters. The zero-order valence-corrected chi connectivity index (χ0v) is 20.3. The molecule has 3 aromatic rings. The first-order chi connectivity index (χ1) is 16.5. The van der Waals surface area contributed by atoms with E-state index < -0.39 is 29.7 Å². The van der Waals surface area contributed by atoms with Gasteiger partial charge in [-0.1, -0.05) is 55.8 Å². The molecule has 0 N–H and O–H groups in total. The van der Waals surface area contributed by atoms with E-state index in [1.165, 1.54) is 16.6 Å². The smallest absolute Gasteiger partial charge is 0.416 e. The summed E-state index contributed by atoms with van der Waals surface area (Å²) in [6, 6.07) is 19.9. The average molecular weight is 521 g/mol. The van der Waals surface area contributed by atoms with Crippen LogP contribution in [0.3, 0.4) is 0 Å². The minimum Gasteiger partial charge on any atom is -0.441 e. The number of halogens is 5. The molecule has 0 radical (unpaired) electrons. The lowest BCUT2D eigenvalue weighted by atomic mass is 9.87. The van der Waals surface area contributed by atoms with E-state index in [0.29, 0.717) is 22.0 Å². The first kappa shape index (κ1) is 26.4. The van der Waals surface area contributed by atoms with Crippen LogP contribution in [-0.2, 0) is 15.7 Å². The van der Waals surface area contributed by atoms with Crippen molar-refractivity contribution in [2.45, 2.75) is 32.0 Å². The van der Waals surface area contributed by atoms with Crippen LogP contribution in [0, 0.1) is 17.2 Å². The highest BCUT2D eigenvalue weighted by molar-refractivity contribution is 6.31. The Morgan fingerprint density at radius 1 is 0.971 bits per heavy atom. The Morgan fingerprint density at radius 2 is 1.60 bits per heavy atom. The Balaban J connectivity index is 1.85. The zero-order valence-electron chi connectivity index (χ0n) is 18.8. The second-order valence-electron chi connectivity index (χ2n) is 8.14. The molecule has 0 aliphatic rings. The number of carbonyl (C=O) groups is 1. The fourth-order valence-electron chi connectivity index (χ4n) is 3.59. The third-order valence-corrected chi connectivity index (χ3v) is 5.94. The fraction of sp³-hybridized carbons (Fsp3) is 0.231. The van der Waals surface area contributed by atoms with Gasteiger partial charge in [0.05, 0.1) is 22.9 Å². The Kier molecular flexibility index (Phi) is 8.31.